The molecular formula is C12H14ClFO3. The predicted octanol–water partition coefficient (Wildman–Crippen LogP) is 2.56. The number of fused-ring (bicyclic) bond motifs is 1. The van der Waals surface area contributed by atoms with E-state index in [1.54, 1.807) is 6.92 Å². The maximum atomic E-state index is 13.9. The topological polar surface area (TPSA) is 38.7 Å². The fourth-order valence-corrected chi connectivity index (χ4v) is 2.01. The van der Waals surface area contributed by atoms with Gasteiger partial charge in [0.15, 0.2) is 11.5 Å². The molecule has 0 fully saturated rings. The number of aliphatic hydroxyl groups excluding tert-OH is 1. The third-order valence-electron chi connectivity index (χ3n) is 2.52. The van der Waals surface area contributed by atoms with Gasteiger partial charge in [-0.15, -0.1) is 0 Å². The molecule has 5 heteroatoms. The minimum absolute atomic E-state index is 0.00935. The van der Waals surface area contributed by atoms with Gasteiger partial charge in [0, 0.05) is 24.5 Å². The molecule has 1 heterocycles. The summed E-state index contributed by atoms with van der Waals surface area (Å²) in [5.41, 5.74) is 0.282. The molecule has 0 saturated heterocycles. The minimum Gasteiger partial charge on any atom is -0.489 e. The van der Waals surface area contributed by atoms with Gasteiger partial charge in [0.05, 0.1) is 24.3 Å². The molecule has 0 aromatic heterocycles. The van der Waals surface area contributed by atoms with Crippen molar-refractivity contribution >= 4 is 11.6 Å². The van der Waals surface area contributed by atoms with Crippen LogP contribution in [0.15, 0.2) is 6.07 Å². The summed E-state index contributed by atoms with van der Waals surface area (Å²) >= 11 is 5.80. The zero-order valence-electron chi connectivity index (χ0n) is 9.50. The highest BCUT2D eigenvalue weighted by Gasteiger charge is 2.22. The van der Waals surface area contributed by atoms with Gasteiger partial charge in [-0.2, -0.15) is 0 Å². The molecule has 3 nitrogen and oxygen atoms in total. The number of benzene rings is 1. The number of hydrogen-bond acceptors (Lipinski definition) is 3. The van der Waals surface area contributed by atoms with Crippen molar-refractivity contribution in [2.75, 3.05) is 13.2 Å². The fraction of sp³-hybridized carbons (Fsp3) is 0.500. The SMILES string of the molecule is CC(O)Cc1c(F)c(Cl)cc2c1OCCCO2. The van der Waals surface area contributed by atoms with E-state index in [2.05, 4.69) is 0 Å². The summed E-state index contributed by atoms with van der Waals surface area (Å²) in [5.74, 6) is 0.270. The van der Waals surface area contributed by atoms with Crippen molar-refractivity contribution in [1.29, 1.82) is 0 Å². The van der Waals surface area contributed by atoms with Gasteiger partial charge in [-0.1, -0.05) is 11.6 Å². The molecule has 1 unspecified atom stereocenters. The highest BCUT2D eigenvalue weighted by Crippen LogP contribution is 2.39. The average Bonchev–Trinajstić information content (AvgIpc) is 2.49. The summed E-state index contributed by atoms with van der Waals surface area (Å²) in [4.78, 5) is 0. The Balaban J connectivity index is 2.49. The summed E-state index contributed by atoms with van der Waals surface area (Å²) < 4.78 is 24.8. The summed E-state index contributed by atoms with van der Waals surface area (Å²) in [6, 6.07) is 1.42. The molecule has 1 atom stereocenters. The second-order valence-corrected chi connectivity index (χ2v) is 4.49. The first-order valence-corrected chi connectivity index (χ1v) is 5.92. The lowest BCUT2D eigenvalue weighted by Crippen LogP contribution is -2.09. The van der Waals surface area contributed by atoms with Crippen LogP contribution in [0.5, 0.6) is 11.5 Å². The van der Waals surface area contributed by atoms with Gasteiger partial charge in [0.25, 0.3) is 0 Å². The van der Waals surface area contributed by atoms with Gasteiger partial charge in [0.2, 0.25) is 0 Å². The van der Waals surface area contributed by atoms with E-state index in [4.69, 9.17) is 21.1 Å². The van der Waals surface area contributed by atoms with Crippen LogP contribution < -0.4 is 9.47 Å². The Bertz CT molecular complexity index is 421. The lowest BCUT2D eigenvalue weighted by molar-refractivity contribution is 0.191. The quantitative estimate of drug-likeness (QED) is 0.888. The van der Waals surface area contributed by atoms with E-state index in [-0.39, 0.29) is 17.0 Å². The predicted molar refractivity (Wildman–Crippen MR) is 62.4 cm³/mol. The fourth-order valence-electron chi connectivity index (χ4n) is 1.79. The molecule has 0 saturated carbocycles. The normalized spacial score (nSPS) is 16.5. The summed E-state index contributed by atoms with van der Waals surface area (Å²) in [6.07, 6.45) is 0.221. The molecular weight excluding hydrogens is 247 g/mol. The molecule has 0 bridgehead atoms. The molecule has 17 heavy (non-hydrogen) atoms. The van der Waals surface area contributed by atoms with E-state index in [1.165, 1.54) is 6.07 Å². The van der Waals surface area contributed by atoms with Crippen LogP contribution in [0.4, 0.5) is 4.39 Å². The van der Waals surface area contributed by atoms with Crippen LogP contribution in [0.1, 0.15) is 18.9 Å². The van der Waals surface area contributed by atoms with Crippen LogP contribution in [-0.4, -0.2) is 24.4 Å². The largest absolute Gasteiger partial charge is 0.489 e. The van der Waals surface area contributed by atoms with Crippen LogP contribution >= 0.6 is 11.6 Å². The van der Waals surface area contributed by atoms with E-state index in [0.717, 1.165) is 6.42 Å². The van der Waals surface area contributed by atoms with Crippen LogP contribution in [-0.2, 0) is 6.42 Å². The molecule has 94 valence electrons. The molecule has 2 rings (SSSR count). The molecule has 1 aliphatic heterocycles. The molecule has 1 aromatic rings. The zero-order valence-corrected chi connectivity index (χ0v) is 10.3. The standard InChI is InChI=1S/C12H14ClFO3/c1-7(15)5-8-11(14)9(13)6-10-12(8)17-4-2-3-16-10/h6-7,15H,2-5H2,1H3. The van der Waals surface area contributed by atoms with E-state index < -0.39 is 11.9 Å². The number of aliphatic hydroxyl groups is 1. The van der Waals surface area contributed by atoms with Gasteiger partial charge in [-0.05, 0) is 6.92 Å². The lowest BCUT2D eigenvalue weighted by atomic mass is 10.1. The molecule has 1 aromatic carbocycles. The average molecular weight is 261 g/mol. The monoisotopic (exact) mass is 260 g/mol. The first kappa shape index (κ1) is 12.5. The summed E-state index contributed by atoms with van der Waals surface area (Å²) in [6.45, 7) is 2.58. The van der Waals surface area contributed by atoms with Gasteiger partial charge >= 0.3 is 0 Å². The van der Waals surface area contributed by atoms with E-state index >= 15 is 0 Å². The van der Waals surface area contributed by atoms with Gasteiger partial charge in [0.1, 0.15) is 5.82 Å². The second kappa shape index (κ2) is 5.10. The molecule has 1 aliphatic rings. The highest BCUT2D eigenvalue weighted by atomic mass is 35.5. The molecule has 0 aliphatic carbocycles. The van der Waals surface area contributed by atoms with Gasteiger partial charge < -0.3 is 14.6 Å². The van der Waals surface area contributed by atoms with E-state index in [0.29, 0.717) is 24.7 Å². The summed E-state index contributed by atoms with van der Waals surface area (Å²) in [5, 5.41) is 9.38. The Morgan fingerprint density at radius 1 is 1.47 bits per heavy atom. The van der Waals surface area contributed by atoms with Crippen molar-refractivity contribution < 1.29 is 19.0 Å². The van der Waals surface area contributed by atoms with E-state index in [1.807, 2.05) is 0 Å². The summed E-state index contributed by atoms with van der Waals surface area (Å²) in [7, 11) is 0. The molecule has 0 radical (unpaired) electrons. The minimum atomic E-state index is -0.668. The zero-order chi connectivity index (χ0) is 12.4. The number of hydrogen-bond donors (Lipinski definition) is 1. The van der Waals surface area contributed by atoms with Gasteiger partial charge in [-0.3, -0.25) is 0 Å². The third kappa shape index (κ3) is 2.64. The second-order valence-electron chi connectivity index (χ2n) is 4.08. The van der Waals surface area contributed by atoms with Crippen LogP contribution in [0.3, 0.4) is 0 Å². The van der Waals surface area contributed by atoms with Crippen molar-refractivity contribution in [3.63, 3.8) is 0 Å². The number of ether oxygens (including phenoxy) is 2. The first-order chi connectivity index (χ1) is 8.09. The molecule has 0 amide bonds. The van der Waals surface area contributed by atoms with Gasteiger partial charge in [-0.25, -0.2) is 4.39 Å². The smallest absolute Gasteiger partial charge is 0.167 e. The van der Waals surface area contributed by atoms with Crippen LogP contribution in [0, 0.1) is 5.82 Å². The Kier molecular flexibility index (Phi) is 3.74. The molecule has 1 N–H and O–H groups in total. The number of halogens is 2. The van der Waals surface area contributed by atoms with Crippen molar-refractivity contribution in [2.45, 2.75) is 25.9 Å². The maximum absolute atomic E-state index is 13.9. The first-order valence-electron chi connectivity index (χ1n) is 5.54. The van der Waals surface area contributed by atoms with Crippen LogP contribution in [0.25, 0.3) is 0 Å². The Hall–Kier alpha value is -1.00. The third-order valence-corrected chi connectivity index (χ3v) is 2.80. The lowest BCUT2D eigenvalue weighted by Gasteiger charge is -2.15. The Morgan fingerprint density at radius 3 is 2.88 bits per heavy atom. The van der Waals surface area contributed by atoms with Crippen molar-refractivity contribution in [3.05, 3.63) is 22.5 Å². The highest BCUT2D eigenvalue weighted by molar-refractivity contribution is 6.31. The van der Waals surface area contributed by atoms with Crippen molar-refractivity contribution in [2.24, 2.45) is 0 Å². The Morgan fingerprint density at radius 2 is 2.18 bits per heavy atom. The van der Waals surface area contributed by atoms with Crippen molar-refractivity contribution in [1.82, 2.24) is 0 Å². The van der Waals surface area contributed by atoms with Crippen LogP contribution in [0.2, 0.25) is 5.02 Å². The maximum Gasteiger partial charge on any atom is 0.167 e. The number of rotatable bonds is 2. The molecule has 0 spiro atoms. The van der Waals surface area contributed by atoms with Crippen molar-refractivity contribution in [3.8, 4) is 11.5 Å². The van der Waals surface area contributed by atoms with E-state index in [9.17, 15) is 9.50 Å². The Labute approximate surface area is 104 Å².